The number of nitrogens with one attached hydrogen (secondary N) is 1. The molecule has 0 aliphatic carbocycles. The standard InChI is InChI=1S/C19H16N4O2/c20-11-17-13-23(12-15-7-3-1-4-8-15)22-18(17)21-19(24)25-14-16-9-5-2-6-10-16/h1-10,13H,12,14H2,(H,21,22,24). The number of hydrogen-bond donors (Lipinski definition) is 1. The van der Waals surface area contributed by atoms with Crippen molar-refractivity contribution in [1.29, 1.82) is 5.26 Å². The van der Waals surface area contributed by atoms with Crippen molar-refractivity contribution in [3.63, 3.8) is 0 Å². The first kappa shape index (κ1) is 16.3. The second-order valence-electron chi connectivity index (χ2n) is 5.37. The molecule has 0 spiro atoms. The van der Waals surface area contributed by atoms with Crippen LogP contribution in [0.15, 0.2) is 66.9 Å². The average molecular weight is 332 g/mol. The van der Waals surface area contributed by atoms with E-state index in [1.54, 1.807) is 10.9 Å². The first-order valence-electron chi connectivity index (χ1n) is 7.74. The smallest absolute Gasteiger partial charge is 0.413 e. The minimum Gasteiger partial charge on any atom is -0.444 e. The van der Waals surface area contributed by atoms with Crippen LogP contribution in [0.5, 0.6) is 0 Å². The largest absolute Gasteiger partial charge is 0.444 e. The summed E-state index contributed by atoms with van der Waals surface area (Å²) in [5.41, 5.74) is 2.22. The molecule has 1 N–H and O–H groups in total. The van der Waals surface area contributed by atoms with Crippen molar-refractivity contribution in [2.75, 3.05) is 5.32 Å². The summed E-state index contributed by atoms with van der Waals surface area (Å²) < 4.78 is 6.76. The number of nitriles is 1. The number of amides is 1. The van der Waals surface area contributed by atoms with Gasteiger partial charge in [0.1, 0.15) is 18.2 Å². The molecule has 124 valence electrons. The third-order valence-electron chi connectivity index (χ3n) is 3.50. The Morgan fingerprint density at radius 3 is 2.36 bits per heavy atom. The van der Waals surface area contributed by atoms with Crippen molar-refractivity contribution >= 4 is 11.9 Å². The summed E-state index contributed by atoms with van der Waals surface area (Å²) >= 11 is 0. The Morgan fingerprint density at radius 2 is 1.72 bits per heavy atom. The lowest BCUT2D eigenvalue weighted by molar-refractivity contribution is 0.155. The molecule has 6 nitrogen and oxygen atoms in total. The van der Waals surface area contributed by atoms with Gasteiger partial charge in [0.25, 0.3) is 0 Å². The molecule has 6 heteroatoms. The molecule has 25 heavy (non-hydrogen) atoms. The molecule has 1 aromatic heterocycles. The van der Waals surface area contributed by atoms with Crippen molar-refractivity contribution in [3.05, 3.63) is 83.6 Å². The zero-order valence-electron chi connectivity index (χ0n) is 13.4. The van der Waals surface area contributed by atoms with E-state index >= 15 is 0 Å². The molecule has 0 saturated carbocycles. The van der Waals surface area contributed by atoms with E-state index in [1.165, 1.54) is 0 Å². The van der Waals surface area contributed by atoms with Crippen LogP contribution < -0.4 is 5.32 Å². The number of benzene rings is 2. The molecule has 0 aliphatic heterocycles. The Kier molecular flexibility index (Phi) is 5.07. The fourth-order valence-electron chi connectivity index (χ4n) is 2.30. The van der Waals surface area contributed by atoms with Gasteiger partial charge in [-0.2, -0.15) is 10.4 Å². The highest BCUT2D eigenvalue weighted by molar-refractivity contribution is 5.84. The van der Waals surface area contributed by atoms with Gasteiger partial charge in [-0.3, -0.25) is 10.00 Å². The normalized spacial score (nSPS) is 10.0. The number of nitrogens with zero attached hydrogens (tertiary/aromatic N) is 3. The van der Waals surface area contributed by atoms with E-state index < -0.39 is 6.09 Å². The number of ether oxygens (including phenoxy) is 1. The SMILES string of the molecule is N#Cc1cn(Cc2ccccc2)nc1NC(=O)OCc1ccccc1. The highest BCUT2D eigenvalue weighted by Gasteiger charge is 2.13. The number of anilines is 1. The number of carbonyl (C=O) groups is 1. The van der Waals surface area contributed by atoms with Crippen LogP contribution in [0.25, 0.3) is 0 Å². The molecule has 3 rings (SSSR count). The van der Waals surface area contributed by atoms with Crippen LogP contribution in [0.1, 0.15) is 16.7 Å². The van der Waals surface area contributed by atoms with E-state index in [0.29, 0.717) is 6.54 Å². The van der Waals surface area contributed by atoms with Crippen LogP contribution >= 0.6 is 0 Å². The second-order valence-corrected chi connectivity index (χ2v) is 5.37. The molecule has 2 aromatic carbocycles. The summed E-state index contributed by atoms with van der Waals surface area (Å²) in [5.74, 6) is 0.191. The van der Waals surface area contributed by atoms with Crippen molar-refractivity contribution in [1.82, 2.24) is 9.78 Å². The highest BCUT2D eigenvalue weighted by Crippen LogP contribution is 2.14. The lowest BCUT2D eigenvalue weighted by Gasteiger charge is -2.05. The first-order chi connectivity index (χ1) is 12.2. The second kappa shape index (κ2) is 7.79. The van der Waals surface area contributed by atoms with Crippen LogP contribution in [0.3, 0.4) is 0 Å². The Labute approximate surface area is 145 Å². The van der Waals surface area contributed by atoms with E-state index in [4.69, 9.17) is 4.74 Å². The van der Waals surface area contributed by atoms with Gasteiger partial charge in [-0.25, -0.2) is 4.79 Å². The first-order valence-corrected chi connectivity index (χ1v) is 7.74. The van der Waals surface area contributed by atoms with Crippen molar-refractivity contribution in [2.45, 2.75) is 13.2 Å². The molecule has 0 unspecified atom stereocenters. The predicted octanol–water partition coefficient (Wildman–Crippen LogP) is 3.55. The van der Waals surface area contributed by atoms with Crippen molar-refractivity contribution in [3.8, 4) is 6.07 Å². The molecule has 0 radical (unpaired) electrons. The molecule has 3 aromatic rings. The summed E-state index contributed by atoms with van der Waals surface area (Å²) in [5, 5.41) is 16.0. The van der Waals surface area contributed by atoms with Crippen LogP contribution in [0, 0.1) is 11.3 Å². The summed E-state index contributed by atoms with van der Waals surface area (Å²) in [6.07, 6.45) is 0.949. The third kappa shape index (κ3) is 4.45. The monoisotopic (exact) mass is 332 g/mol. The zero-order valence-corrected chi connectivity index (χ0v) is 13.4. The summed E-state index contributed by atoms with van der Waals surface area (Å²) in [6, 6.07) is 21.1. The Bertz CT molecular complexity index is 883. The average Bonchev–Trinajstić information content (AvgIpc) is 3.03. The van der Waals surface area contributed by atoms with Crippen LogP contribution in [-0.4, -0.2) is 15.9 Å². The highest BCUT2D eigenvalue weighted by atomic mass is 16.5. The summed E-state index contributed by atoms with van der Waals surface area (Å²) in [6.45, 7) is 0.662. The molecule has 0 aliphatic rings. The van der Waals surface area contributed by atoms with E-state index in [1.807, 2.05) is 66.7 Å². The lowest BCUT2D eigenvalue weighted by atomic mass is 10.2. The fraction of sp³-hybridized carbons (Fsp3) is 0.105. The number of carbonyl (C=O) groups excluding carboxylic acids is 1. The Hall–Kier alpha value is -3.59. The molecule has 1 heterocycles. The number of aromatic nitrogens is 2. The Balaban J connectivity index is 1.63. The molecule has 0 fully saturated rings. The molecule has 0 saturated heterocycles. The predicted molar refractivity (Wildman–Crippen MR) is 92.7 cm³/mol. The molecule has 1 amide bonds. The van der Waals surface area contributed by atoms with Gasteiger partial charge in [-0.05, 0) is 11.1 Å². The van der Waals surface area contributed by atoms with Gasteiger partial charge in [0.2, 0.25) is 0 Å². The lowest BCUT2D eigenvalue weighted by Crippen LogP contribution is -2.15. The number of rotatable bonds is 5. The third-order valence-corrected chi connectivity index (χ3v) is 3.50. The van der Waals surface area contributed by atoms with E-state index in [9.17, 15) is 10.1 Å². The maximum Gasteiger partial charge on any atom is 0.413 e. The van der Waals surface area contributed by atoms with Crippen LogP contribution in [0.2, 0.25) is 0 Å². The topological polar surface area (TPSA) is 79.9 Å². The van der Waals surface area contributed by atoms with Gasteiger partial charge in [0, 0.05) is 6.20 Å². The zero-order chi connectivity index (χ0) is 17.5. The molecular formula is C19H16N4O2. The van der Waals surface area contributed by atoms with E-state index in [0.717, 1.165) is 11.1 Å². The molecule has 0 atom stereocenters. The van der Waals surface area contributed by atoms with Gasteiger partial charge in [-0.15, -0.1) is 0 Å². The summed E-state index contributed by atoms with van der Waals surface area (Å²) in [7, 11) is 0. The van der Waals surface area contributed by atoms with Crippen LogP contribution in [-0.2, 0) is 17.9 Å². The minimum atomic E-state index is -0.648. The minimum absolute atomic E-state index is 0.152. The summed E-state index contributed by atoms with van der Waals surface area (Å²) in [4.78, 5) is 11.9. The van der Waals surface area contributed by atoms with Crippen LogP contribution in [0.4, 0.5) is 10.6 Å². The van der Waals surface area contributed by atoms with Crippen molar-refractivity contribution < 1.29 is 9.53 Å². The maximum absolute atomic E-state index is 11.9. The number of hydrogen-bond acceptors (Lipinski definition) is 4. The van der Waals surface area contributed by atoms with Gasteiger partial charge in [0.05, 0.1) is 6.54 Å². The van der Waals surface area contributed by atoms with Gasteiger partial charge < -0.3 is 4.74 Å². The van der Waals surface area contributed by atoms with E-state index in [2.05, 4.69) is 10.4 Å². The van der Waals surface area contributed by atoms with E-state index in [-0.39, 0.29) is 18.0 Å². The fourth-order valence-corrected chi connectivity index (χ4v) is 2.30. The quantitative estimate of drug-likeness (QED) is 0.775. The maximum atomic E-state index is 11.9. The van der Waals surface area contributed by atoms with Gasteiger partial charge >= 0.3 is 6.09 Å². The Morgan fingerprint density at radius 1 is 1.08 bits per heavy atom. The molecular weight excluding hydrogens is 316 g/mol. The molecule has 0 bridgehead atoms. The van der Waals surface area contributed by atoms with Gasteiger partial charge in [0.15, 0.2) is 5.82 Å². The van der Waals surface area contributed by atoms with Crippen molar-refractivity contribution in [2.24, 2.45) is 0 Å². The van der Waals surface area contributed by atoms with Gasteiger partial charge in [-0.1, -0.05) is 60.7 Å².